The lowest BCUT2D eigenvalue weighted by Crippen LogP contribution is -2.59. The summed E-state index contributed by atoms with van der Waals surface area (Å²) in [6.45, 7) is 9.09. The number of likely N-dealkylation sites (tertiary alicyclic amines) is 1. The number of carbonyl (C=O) groups excluding carboxylic acids is 2. The molecule has 0 bridgehead atoms. The van der Waals surface area contributed by atoms with E-state index in [1.807, 2.05) is 48.8 Å². The van der Waals surface area contributed by atoms with Gasteiger partial charge >= 0.3 is 5.97 Å². The third kappa shape index (κ3) is 8.59. The van der Waals surface area contributed by atoms with Crippen molar-refractivity contribution in [1.82, 2.24) is 20.2 Å². The SMILES string of the molecule is CCC(C)(C)c1ccc(C(=O)N[C@@H](Cc2ccc(-c3ncc(C4=CCC([C@H]5CC[C@H](CC)CC5)CC4)cn3)cc2)C(=O)N2CC(C(=O)O)C2)cc1. The van der Waals surface area contributed by atoms with Gasteiger partial charge in [-0.05, 0) is 90.5 Å². The van der Waals surface area contributed by atoms with Gasteiger partial charge in [0, 0.05) is 48.6 Å². The third-order valence-corrected chi connectivity index (χ3v) is 12.2. The molecule has 2 aromatic carbocycles. The van der Waals surface area contributed by atoms with Gasteiger partial charge in [0.05, 0.1) is 5.92 Å². The summed E-state index contributed by atoms with van der Waals surface area (Å²) in [5.41, 5.74) is 5.81. The third-order valence-electron chi connectivity index (χ3n) is 12.2. The summed E-state index contributed by atoms with van der Waals surface area (Å²) >= 11 is 0. The smallest absolute Gasteiger partial charge is 0.310 e. The molecule has 0 radical (unpaired) electrons. The van der Waals surface area contributed by atoms with Crippen molar-refractivity contribution in [3.8, 4) is 11.4 Å². The second-order valence-corrected chi connectivity index (χ2v) is 15.8. The largest absolute Gasteiger partial charge is 0.481 e. The Morgan fingerprint density at radius 2 is 1.55 bits per heavy atom. The van der Waals surface area contributed by atoms with Gasteiger partial charge in [0.15, 0.2) is 5.82 Å². The van der Waals surface area contributed by atoms with Crippen LogP contribution in [0.15, 0.2) is 67.0 Å². The van der Waals surface area contributed by atoms with Gasteiger partial charge in [0.1, 0.15) is 6.04 Å². The number of rotatable bonds is 12. The molecule has 1 saturated heterocycles. The van der Waals surface area contributed by atoms with Crippen LogP contribution in [0.3, 0.4) is 0 Å². The van der Waals surface area contributed by atoms with Gasteiger partial charge in [0.2, 0.25) is 5.91 Å². The van der Waals surface area contributed by atoms with Crippen molar-refractivity contribution in [2.24, 2.45) is 23.7 Å². The number of nitrogens with zero attached hydrogens (tertiary/aromatic N) is 3. The number of aliphatic carboxylic acids is 1. The average Bonchev–Trinajstić information content (AvgIpc) is 3.14. The van der Waals surface area contributed by atoms with E-state index in [-0.39, 0.29) is 36.7 Å². The van der Waals surface area contributed by atoms with E-state index in [9.17, 15) is 19.5 Å². The second-order valence-electron chi connectivity index (χ2n) is 15.8. The Bertz CT molecular complexity index is 1700. The van der Waals surface area contributed by atoms with E-state index in [1.165, 1.54) is 49.0 Å². The van der Waals surface area contributed by atoms with Gasteiger partial charge < -0.3 is 15.3 Å². The Labute approximate surface area is 303 Å². The van der Waals surface area contributed by atoms with Crippen LogP contribution in [-0.2, 0) is 21.4 Å². The number of hydrogen-bond acceptors (Lipinski definition) is 5. The number of hydrogen-bond donors (Lipinski definition) is 2. The van der Waals surface area contributed by atoms with Crippen LogP contribution in [0.5, 0.6) is 0 Å². The van der Waals surface area contributed by atoms with Crippen LogP contribution in [-0.4, -0.2) is 56.9 Å². The first-order chi connectivity index (χ1) is 24.5. The molecule has 2 fully saturated rings. The lowest BCUT2D eigenvalue weighted by molar-refractivity contribution is -0.153. The van der Waals surface area contributed by atoms with Crippen LogP contribution in [0.2, 0.25) is 0 Å². The first kappa shape index (κ1) is 36.5. The predicted molar refractivity (Wildman–Crippen MR) is 201 cm³/mol. The van der Waals surface area contributed by atoms with E-state index in [4.69, 9.17) is 9.97 Å². The van der Waals surface area contributed by atoms with E-state index in [0.29, 0.717) is 11.4 Å². The lowest BCUT2D eigenvalue weighted by atomic mass is 9.71. The van der Waals surface area contributed by atoms with Crippen molar-refractivity contribution in [3.63, 3.8) is 0 Å². The molecule has 8 nitrogen and oxygen atoms in total. The zero-order chi connectivity index (χ0) is 36.1. The Kier molecular flexibility index (Phi) is 11.4. The molecule has 2 N–H and O–H groups in total. The van der Waals surface area contributed by atoms with Crippen molar-refractivity contribution in [2.75, 3.05) is 13.1 Å². The summed E-state index contributed by atoms with van der Waals surface area (Å²) in [6.07, 6.45) is 18.0. The number of allylic oxidation sites excluding steroid dienone is 2. The summed E-state index contributed by atoms with van der Waals surface area (Å²) < 4.78 is 0. The first-order valence-electron chi connectivity index (χ1n) is 19.1. The van der Waals surface area contributed by atoms with E-state index < -0.39 is 17.9 Å². The van der Waals surface area contributed by atoms with E-state index >= 15 is 0 Å². The normalized spacial score (nSPS) is 21.7. The maximum Gasteiger partial charge on any atom is 0.310 e. The molecule has 1 aromatic heterocycles. The highest BCUT2D eigenvalue weighted by molar-refractivity contribution is 5.98. The van der Waals surface area contributed by atoms with Gasteiger partial charge in [-0.25, -0.2) is 9.97 Å². The number of benzene rings is 2. The number of amides is 2. The van der Waals surface area contributed by atoms with Crippen LogP contribution in [0, 0.1) is 23.7 Å². The van der Waals surface area contributed by atoms with E-state index in [0.717, 1.165) is 59.3 Å². The molecule has 51 heavy (non-hydrogen) atoms. The summed E-state index contributed by atoms with van der Waals surface area (Å²) in [5.74, 6) is 1.17. The van der Waals surface area contributed by atoms with Crippen LogP contribution < -0.4 is 5.32 Å². The van der Waals surface area contributed by atoms with Crippen molar-refractivity contribution >= 4 is 23.4 Å². The Morgan fingerprint density at radius 3 is 2.12 bits per heavy atom. The molecule has 2 atom stereocenters. The summed E-state index contributed by atoms with van der Waals surface area (Å²) in [7, 11) is 0. The van der Waals surface area contributed by atoms with Crippen molar-refractivity contribution in [3.05, 3.63) is 89.3 Å². The van der Waals surface area contributed by atoms with E-state index in [2.05, 4.69) is 39.1 Å². The molecular formula is C43H54N4O4. The molecule has 0 spiro atoms. The molecule has 2 heterocycles. The maximum absolute atomic E-state index is 13.6. The summed E-state index contributed by atoms with van der Waals surface area (Å²) in [4.78, 5) is 49.3. The molecule has 1 unspecified atom stereocenters. The fourth-order valence-electron chi connectivity index (χ4n) is 8.03. The summed E-state index contributed by atoms with van der Waals surface area (Å²) in [6, 6.07) is 14.5. The number of carbonyl (C=O) groups is 3. The molecule has 6 rings (SSSR count). The monoisotopic (exact) mass is 690 g/mol. The maximum atomic E-state index is 13.6. The number of nitrogens with one attached hydrogen (secondary N) is 1. The Balaban J connectivity index is 1.09. The quantitative estimate of drug-likeness (QED) is 0.199. The Hall–Kier alpha value is -4.33. The van der Waals surface area contributed by atoms with Gasteiger partial charge in [-0.15, -0.1) is 0 Å². The van der Waals surface area contributed by atoms with Crippen molar-refractivity contribution < 1.29 is 19.5 Å². The van der Waals surface area contributed by atoms with Gasteiger partial charge in [-0.1, -0.05) is 89.4 Å². The van der Waals surface area contributed by atoms with Crippen molar-refractivity contribution in [1.29, 1.82) is 0 Å². The van der Waals surface area contributed by atoms with Crippen molar-refractivity contribution in [2.45, 2.75) is 103 Å². The molecule has 2 aliphatic carbocycles. The molecule has 1 aliphatic heterocycles. The molecular weight excluding hydrogens is 636 g/mol. The molecule has 1 saturated carbocycles. The fraction of sp³-hybridized carbons (Fsp3) is 0.512. The molecule has 2 amide bonds. The van der Waals surface area contributed by atoms with Crippen LogP contribution >= 0.6 is 0 Å². The van der Waals surface area contributed by atoms with Crippen LogP contribution in [0.1, 0.15) is 113 Å². The molecule has 3 aliphatic rings. The fourth-order valence-corrected chi connectivity index (χ4v) is 8.03. The number of aromatic nitrogens is 2. The zero-order valence-electron chi connectivity index (χ0n) is 30.7. The molecule has 270 valence electrons. The highest BCUT2D eigenvalue weighted by Crippen LogP contribution is 2.41. The van der Waals surface area contributed by atoms with Crippen LogP contribution in [0.25, 0.3) is 17.0 Å². The predicted octanol–water partition coefficient (Wildman–Crippen LogP) is 8.12. The second kappa shape index (κ2) is 15.9. The lowest BCUT2D eigenvalue weighted by Gasteiger charge is -2.39. The highest BCUT2D eigenvalue weighted by Gasteiger charge is 2.39. The van der Waals surface area contributed by atoms with Gasteiger partial charge in [-0.2, -0.15) is 0 Å². The Morgan fingerprint density at radius 1 is 0.882 bits per heavy atom. The molecule has 8 heteroatoms. The number of carboxylic acid groups (broad SMARTS) is 1. The summed E-state index contributed by atoms with van der Waals surface area (Å²) in [5, 5.41) is 12.3. The minimum Gasteiger partial charge on any atom is -0.481 e. The van der Waals surface area contributed by atoms with Gasteiger partial charge in [-0.3, -0.25) is 14.4 Å². The molecule has 3 aromatic rings. The average molecular weight is 691 g/mol. The first-order valence-corrected chi connectivity index (χ1v) is 19.1. The minimum atomic E-state index is -0.913. The van der Waals surface area contributed by atoms with E-state index in [1.54, 1.807) is 12.1 Å². The number of carboxylic acids is 1. The standard InChI is InChI=1S/C43H54N4O4/c1-5-28-7-11-30(12-8-28)31-15-17-32(18-16-31)35-24-44-39(45-25-35)33-13-9-29(10-14-33)23-38(41(49)47-26-36(27-47)42(50)51)46-40(48)34-19-21-37(22-20-34)43(3,4)6-2/h9-10,13-14,17,19-22,24-25,28,30-31,36,38H,5-8,11-12,15-16,18,23,26-27H2,1-4H3,(H,46,48)(H,50,51)/t28-,30-,31?,38-/m0/s1. The van der Waals surface area contributed by atoms with Crippen LogP contribution in [0.4, 0.5) is 0 Å². The minimum absolute atomic E-state index is 0.00524. The van der Waals surface area contributed by atoms with Gasteiger partial charge in [0.25, 0.3) is 5.91 Å². The highest BCUT2D eigenvalue weighted by atomic mass is 16.4. The zero-order valence-corrected chi connectivity index (χ0v) is 30.7. The topological polar surface area (TPSA) is 112 Å².